The van der Waals surface area contributed by atoms with Crippen molar-refractivity contribution < 1.29 is 9.53 Å². The van der Waals surface area contributed by atoms with Gasteiger partial charge in [0, 0.05) is 19.9 Å². The maximum Gasteiger partial charge on any atom is 0.170 e. The summed E-state index contributed by atoms with van der Waals surface area (Å²) in [6.45, 7) is 2.82. The highest BCUT2D eigenvalue weighted by molar-refractivity contribution is 5.83. The predicted molar refractivity (Wildman–Crippen MR) is 72.8 cm³/mol. The number of anilines is 1. The van der Waals surface area contributed by atoms with Crippen LogP contribution >= 0.6 is 0 Å². The normalized spacial score (nSPS) is 22.8. The van der Waals surface area contributed by atoms with E-state index >= 15 is 0 Å². The van der Waals surface area contributed by atoms with E-state index in [-0.39, 0.29) is 12.1 Å². The molecule has 0 saturated carbocycles. The van der Waals surface area contributed by atoms with Crippen LogP contribution < -0.4 is 4.90 Å². The molecule has 2 aromatic heterocycles. The Morgan fingerprint density at radius 3 is 3.05 bits per heavy atom. The summed E-state index contributed by atoms with van der Waals surface area (Å²) >= 11 is 0. The first kappa shape index (κ1) is 12.2. The van der Waals surface area contributed by atoms with Crippen molar-refractivity contribution in [2.24, 2.45) is 0 Å². The number of aromatic nitrogens is 2. The van der Waals surface area contributed by atoms with Crippen molar-refractivity contribution in [2.75, 3.05) is 18.6 Å². The monoisotopic (exact) mass is 259 g/mol. The molecule has 0 amide bonds. The van der Waals surface area contributed by atoms with Gasteiger partial charge in [-0.05, 0) is 25.5 Å². The van der Waals surface area contributed by atoms with Crippen LogP contribution in [-0.4, -0.2) is 41.5 Å². The van der Waals surface area contributed by atoms with Gasteiger partial charge in [-0.25, -0.2) is 4.98 Å². The van der Waals surface area contributed by atoms with Gasteiger partial charge in [-0.2, -0.15) is 0 Å². The molecule has 1 aliphatic heterocycles. The van der Waals surface area contributed by atoms with E-state index in [0.717, 1.165) is 30.8 Å². The molecule has 3 rings (SSSR count). The van der Waals surface area contributed by atoms with Crippen LogP contribution in [0.4, 0.5) is 5.82 Å². The molecule has 3 heterocycles. The van der Waals surface area contributed by atoms with Crippen LogP contribution in [0.1, 0.15) is 23.8 Å². The van der Waals surface area contributed by atoms with Gasteiger partial charge >= 0.3 is 0 Å². The topological polar surface area (TPSA) is 46.8 Å². The van der Waals surface area contributed by atoms with Gasteiger partial charge in [-0.3, -0.25) is 9.20 Å². The second kappa shape index (κ2) is 4.66. The first-order valence-electron chi connectivity index (χ1n) is 6.49. The lowest BCUT2D eigenvalue weighted by atomic mass is 10.1. The average molecular weight is 259 g/mol. The number of rotatable bonds is 3. The first-order valence-corrected chi connectivity index (χ1v) is 6.49. The molecule has 0 radical (unpaired) electrons. The summed E-state index contributed by atoms with van der Waals surface area (Å²) in [5, 5.41) is 0. The number of likely N-dealkylation sites (N-methyl/N-ethyl adjacent to an activating group) is 1. The fourth-order valence-electron chi connectivity index (χ4n) is 2.76. The fraction of sp³-hybridized carbons (Fsp3) is 0.429. The zero-order valence-electron chi connectivity index (χ0n) is 11.1. The molecular weight excluding hydrogens is 242 g/mol. The molecule has 2 atom stereocenters. The number of imidazole rings is 1. The van der Waals surface area contributed by atoms with Crippen molar-refractivity contribution in [1.29, 1.82) is 0 Å². The molecular formula is C14H17N3O2. The highest BCUT2D eigenvalue weighted by Gasteiger charge is 2.30. The van der Waals surface area contributed by atoms with Crippen LogP contribution in [0, 0.1) is 0 Å². The molecule has 5 heteroatoms. The summed E-state index contributed by atoms with van der Waals surface area (Å²) < 4.78 is 7.41. The smallest absolute Gasteiger partial charge is 0.170 e. The van der Waals surface area contributed by atoms with E-state index in [4.69, 9.17) is 4.74 Å². The van der Waals surface area contributed by atoms with Crippen LogP contribution in [0.25, 0.3) is 5.65 Å². The van der Waals surface area contributed by atoms with E-state index in [2.05, 4.69) is 16.8 Å². The minimum absolute atomic E-state index is 0.161. The largest absolute Gasteiger partial charge is 0.376 e. The Morgan fingerprint density at radius 2 is 2.37 bits per heavy atom. The summed E-state index contributed by atoms with van der Waals surface area (Å²) in [5.41, 5.74) is 1.38. The van der Waals surface area contributed by atoms with Crippen LogP contribution in [0.2, 0.25) is 0 Å². The third-order valence-corrected chi connectivity index (χ3v) is 3.83. The highest BCUT2D eigenvalue weighted by Crippen LogP contribution is 2.26. The molecule has 1 saturated heterocycles. The van der Waals surface area contributed by atoms with Gasteiger partial charge in [0.2, 0.25) is 0 Å². The SMILES string of the molecule is CC1OCCC1N(C)c1nc2ccccn2c1C=O. The van der Waals surface area contributed by atoms with Crippen molar-refractivity contribution >= 4 is 17.8 Å². The summed E-state index contributed by atoms with van der Waals surface area (Å²) in [4.78, 5) is 18.0. The number of nitrogens with zero attached hydrogens (tertiary/aromatic N) is 3. The fourth-order valence-corrected chi connectivity index (χ4v) is 2.76. The van der Waals surface area contributed by atoms with Gasteiger partial charge in [-0.1, -0.05) is 6.07 Å². The molecule has 1 fully saturated rings. The lowest BCUT2D eigenvalue weighted by Gasteiger charge is -2.27. The Balaban J connectivity index is 2.06. The molecule has 0 aliphatic carbocycles. The molecule has 0 N–H and O–H groups in total. The van der Waals surface area contributed by atoms with E-state index in [9.17, 15) is 4.79 Å². The van der Waals surface area contributed by atoms with E-state index < -0.39 is 0 Å². The molecule has 5 nitrogen and oxygen atoms in total. The second-order valence-electron chi connectivity index (χ2n) is 4.91. The number of fused-ring (bicyclic) bond motifs is 1. The van der Waals surface area contributed by atoms with Crippen molar-refractivity contribution in [3.8, 4) is 0 Å². The summed E-state index contributed by atoms with van der Waals surface area (Å²) in [6, 6.07) is 5.98. The Labute approximate surface area is 111 Å². The second-order valence-corrected chi connectivity index (χ2v) is 4.91. The van der Waals surface area contributed by atoms with Crippen molar-refractivity contribution in [2.45, 2.75) is 25.5 Å². The average Bonchev–Trinajstić information content (AvgIpc) is 3.01. The van der Waals surface area contributed by atoms with Gasteiger partial charge < -0.3 is 9.64 Å². The molecule has 100 valence electrons. The number of pyridine rings is 1. The summed E-state index contributed by atoms with van der Waals surface area (Å²) in [5.74, 6) is 0.726. The Hall–Kier alpha value is -1.88. The summed E-state index contributed by atoms with van der Waals surface area (Å²) in [6.07, 6.45) is 3.85. The minimum atomic E-state index is 0.161. The zero-order chi connectivity index (χ0) is 13.4. The Kier molecular flexibility index (Phi) is 2.98. The van der Waals surface area contributed by atoms with Gasteiger partial charge in [0.05, 0.1) is 12.1 Å². The standard InChI is InChI=1S/C14H17N3O2/c1-10-11(6-8-19-10)16(2)14-12(9-18)17-7-4-3-5-13(17)15-14/h3-5,7,9-11H,6,8H2,1-2H3. The lowest BCUT2D eigenvalue weighted by molar-refractivity contribution is 0.111. The third-order valence-electron chi connectivity index (χ3n) is 3.83. The Bertz CT molecular complexity index is 608. The van der Waals surface area contributed by atoms with E-state index in [1.807, 2.05) is 35.8 Å². The summed E-state index contributed by atoms with van der Waals surface area (Å²) in [7, 11) is 1.98. The highest BCUT2D eigenvalue weighted by atomic mass is 16.5. The van der Waals surface area contributed by atoms with Gasteiger partial charge in [0.25, 0.3) is 0 Å². The van der Waals surface area contributed by atoms with Crippen LogP contribution in [-0.2, 0) is 4.74 Å². The molecule has 2 aromatic rings. The van der Waals surface area contributed by atoms with E-state index in [1.54, 1.807) is 0 Å². The van der Waals surface area contributed by atoms with Gasteiger partial charge in [-0.15, -0.1) is 0 Å². The van der Waals surface area contributed by atoms with E-state index in [1.165, 1.54) is 0 Å². The van der Waals surface area contributed by atoms with Gasteiger partial charge in [0.1, 0.15) is 11.3 Å². The Morgan fingerprint density at radius 1 is 1.53 bits per heavy atom. The van der Waals surface area contributed by atoms with Crippen LogP contribution in [0.3, 0.4) is 0 Å². The van der Waals surface area contributed by atoms with Crippen molar-refractivity contribution in [3.05, 3.63) is 30.1 Å². The third kappa shape index (κ3) is 1.90. The first-order chi connectivity index (χ1) is 9.22. The molecule has 0 aromatic carbocycles. The molecule has 2 unspecified atom stereocenters. The number of ether oxygens (including phenoxy) is 1. The predicted octanol–water partition coefficient (Wildman–Crippen LogP) is 1.76. The maximum absolute atomic E-state index is 11.4. The molecule has 0 spiro atoms. The van der Waals surface area contributed by atoms with Crippen LogP contribution in [0.5, 0.6) is 0 Å². The zero-order valence-corrected chi connectivity index (χ0v) is 11.1. The van der Waals surface area contributed by atoms with E-state index in [0.29, 0.717) is 5.69 Å². The molecule has 19 heavy (non-hydrogen) atoms. The maximum atomic E-state index is 11.4. The number of carbonyl (C=O) groups is 1. The lowest BCUT2D eigenvalue weighted by Crippen LogP contribution is -2.37. The number of hydrogen-bond acceptors (Lipinski definition) is 4. The number of carbonyl (C=O) groups excluding carboxylic acids is 1. The quantitative estimate of drug-likeness (QED) is 0.788. The van der Waals surface area contributed by atoms with Crippen molar-refractivity contribution in [1.82, 2.24) is 9.38 Å². The minimum Gasteiger partial charge on any atom is -0.376 e. The van der Waals surface area contributed by atoms with Gasteiger partial charge in [0.15, 0.2) is 12.1 Å². The number of aldehydes is 1. The molecule has 0 bridgehead atoms. The number of hydrogen-bond donors (Lipinski definition) is 0. The van der Waals surface area contributed by atoms with Crippen LogP contribution in [0.15, 0.2) is 24.4 Å². The molecule has 1 aliphatic rings. The van der Waals surface area contributed by atoms with Crippen molar-refractivity contribution in [3.63, 3.8) is 0 Å².